The molecule has 0 fully saturated rings. The molecule has 1 aromatic carbocycles. The van der Waals surface area contributed by atoms with E-state index in [-0.39, 0.29) is 11.9 Å². The van der Waals surface area contributed by atoms with E-state index >= 15 is 0 Å². The highest BCUT2D eigenvalue weighted by Gasteiger charge is 2.06. The van der Waals surface area contributed by atoms with Crippen molar-refractivity contribution in [2.45, 2.75) is 39.8 Å². The molecule has 1 rings (SSSR count). The van der Waals surface area contributed by atoms with E-state index in [1.54, 1.807) is 13.0 Å². The van der Waals surface area contributed by atoms with Gasteiger partial charge in [-0.1, -0.05) is 13.8 Å². The van der Waals surface area contributed by atoms with Crippen LogP contribution in [0.25, 0.3) is 0 Å². The first-order valence-corrected chi connectivity index (χ1v) is 6.79. The molecular formula is C15H24FNO2. The van der Waals surface area contributed by atoms with Gasteiger partial charge in [0.05, 0.1) is 12.7 Å². The second-order valence-electron chi connectivity index (χ2n) is 5.26. The van der Waals surface area contributed by atoms with Gasteiger partial charge >= 0.3 is 0 Å². The maximum Gasteiger partial charge on any atom is 0.123 e. The summed E-state index contributed by atoms with van der Waals surface area (Å²) in [5.41, 5.74) is 0.811. The van der Waals surface area contributed by atoms with Gasteiger partial charge in [-0.3, -0.25) is 0 Å². The topological polar surface area (TPSA) is 41.5 Å². The van der Waals surface area contributed by atoms with Gasteiger partial charge in [0.15, 0.2) is 0 Å². The minimum atomic E-state index is -0.386. The number of benzene rings is 1. The number of nitrogens with one attached hydrogen (secondary N) is 1. The van der Waals surface area contributed by atoms with Crippen LogP contribution in [-0.4, -0.2) is 24.4 Å². The number of aliphatic hydroxyl groups is 1. The van der Waals surface area contributed by atoms with Gasteiger partial charge in [0, 0.05) is 18.5 Å². The molecule has 0 aliphatic heterocycles. The molecule has 4 heteroatoms. The van der Waals surface area contributed by atoms with E-state index < -0.39 is 0 Å². The zero-order valence-electron chi connectivity index (χ0n) is 11.9. The predicted molar refractivity (Wildman–Crippen MR) is 74.7 cm³/mol. The first kappa shape index (κ1) is 15.9. The molecule has 0 aromatic heterocycles. The number of hydrogen-bond donors (Lipinski definition) is 2. The Kier molecular flexibility index (Phi) is 6.81. The molecule has 0 bridgehead atoms. The SMILES string of the molecule is CC(C)CNCc1cc(F)ccc1OCCC(C)O. The summed E-state index contributed by atoms with van der Waals surface area (Å²) >= 11 is 0. The maximum atomic E-state index is 13.3. The molecule has 0 heterocycles. The van der Waals surface area contributed by atoms with E-state index in [1.807, 2.05) is 0 Å². The summed E-state index contributed by atoms with van der Waals surface area (Å²) in [6.45, 7) is 7.86. The van der Waals surface area contributed by atoms with Gasteiger partial charge < -0.3 is 15.2 Å². The Balaban J connectivity index is 2.58. The summed E-state index contributed by atoms with van der Waals surface area (Å²) in [7, 11) is 0. The van der Waals surface area contributed by atoms with E-state index in [0.29, 0.717) is 31.2 Å². The number of hydrogen-bond acceptors (Lipinski definition) is 3. The molecule has 1 aromatic rings. The third-order valence-corrected chi connectivity index (χ3v) is 2.68. The molecule has 0 spiro atoms. The third kappa shape index (κ3) is 6.55. The average molecular weight is 269 g/mol. The lowest BCUT2D eigenvalue weighted by molar-refractivity contribution is 0.155. The Bertz CT molecular complexity index is 380. The lowest BCUT2D eigenvalue weighted by Crippen LogP contribution is -2.19. The molecule has 1 atom stereocenters. The highest BCUT2D eigenvalue weighted by Crippen LogP contribution is 2.20. The van der Waals surface area contributed by atoms with Gasteiger partial charge in [0.2, 0.25) is 0 Å². The second-order valence-corrected chi connectivity index (χ2v) is 5.26. The smallest absolute Gasteiger partial charge is 0.123 e. The van der Waals surface area contributed by atoms with Crippen LogP contribution in [-0.2, 0) is 6.54 Å². The molecule has 0 radical (unpaired) electrons. The molecule has 19 heavy (non-hydrogen) atoms. The van der Waals surface area contributed by atoms with Crippen LogP contribution in [0.15, 0.2) is 18.2 Å². The van der Waals surface area contributed by atoms with Crippen molar-refractivity contribution in [1.82, 2.24) is 5.32 Å². The Hall–Kier alpha value is -1.13. The molecule has 1 unspecified atom stereocenters. The van der Waals surface area contributed by atoms with Crippen molar-refractivity contribution in [1.29, 1.82) is 0 Å². The van der Waals surface area contributed by atoms with Crippen molar-refractivity contribution in [3.8, 4) is 5.75 Å². The van der Waals surface area contributed by atoms with E-state index in [0.717, 1.165) is 12.1 Å². The molecule has 108 valence electrons. The Morgan fingerprint density at radius 2 is 2.05 bits per heavy atom. The van der Waals surface area contributed by atoms with E-state index in [9.17, 15) is 9.50 Å². The third-order valence-electron chi connectivity index (χ3n) is 2.68. The zero-order valence-corrected chi connectivity index (χ0v) is 11.9. The molecule has 3 nitrogen and oxygen atoms in total. The monoisotopic (exact) mass is 269 g/mol. The first-order chi connectivity index (χ1) is 8.99. The second kappa shape index (κ2) is 8.12. The molecule has 0 saturated carbocycles. The normalized spacial score (nSPS) is 12.7. The zero-order chi connectivity index (χ0) is 14.3. The first-order valence-electron chi connectivity index (χ1n) is 6.79. The fraction of sp³-hybridized carbons (Fsp3) is 0.600. The van der Waals surface area contributed by atoms with Gasteiger partial charge in [-0.15, -0.1) is 0 Å². The highest BCUT2D eigenvalue weighted by molar-refractivity contribution is 5.33. The number of rotatable bonds is 8. The molecular weight excluding hydrogens is 245 g/mol. The summed E-state index contributed by atoms with van der Waals surface area (Å²) in [4.78, 5) is 0. The van der Waals surface area contributed by atoms with Crippen molar-refractivity contribution in [3.05, 3.63) is 29.6 Å². The summed E-state index contributed by atoms with van der Waals surface area (Å²) in [6, 6.07) is 4.53. The van der Waals surface area contributed by atoms with Crippen molar-refractivity contribution in [3.63, 3.8) is 0 Å². The van der Waals surface area contributed by atoms with Crippen LogP contribution in [0.4, 0.5) is 4.39 Å². The van der Waals surface area contributed by atoms with Gasteiger partial charge in [0.25, 0.3) is 0 Å². The van der Waals surface area contributed by atoms with Crippen molar-refractivity contribution < 1.29 is 14.2 Å². The minimum Gasteiger partial charge on any atom is -0.493 e. The van der Waals surface area contributed by atoms with Crippen molar-refractivity contribution in [2.24, 2.45) is 5.92 Å². The fourth-order valence-electron chi connectivity index (χ4n) is 1.66. The lowest BCUT2D eigenvalue weighted by Gasteiger charge is -2.14. The van der Waals surface area contributed by atoms with Crippen LogP contribution < -0.4 is 10.1 Å². The quantitative estimate of drug-likeness (QED) is 0.762. The summed E-state index contributed by atoms with van der Waals surface area (Å²) in [5.74, 6) is 0.968. The van der Waals surface area contributed by atoms with E-state index in [4.69, 9.17) is 4.74 Å². The molecule has 0 amide bonds. The average Bonchev–Trinajstić information content (AvgIpc) is 2.31. The van der Waals surface area contributed by atoms with Crippen LogP contribution in [0.3, 0.4) is 0 Å². The van der Waals surface area contributed by atoms with Crippen LogP contribution in [0.1, 0.15) is 32.8 Å². The van der Waals surface area contributed by atoms with Gasteiger partial charge in [-0.05, 0) is 37.6 Å². The Morgan fingerprint density at radius 3 is 2.68 bits per heavy atom. The summed E-state index contributed by atoms with van der Waals surface area (Å²) in [5, 5.41) is 12.5. The van der Waals surface area contributed by atoms with Crippen LogP contribution in [0.5, 0.6) is 5.75 Å². The van der Waals surface area contributed by atoms with Crippen molar-refractivity contribution >= 4 is 0 Å². The van der Waals surface area contributed by atoms with Crippen LogP contribution in [0.2, 0.25) is 0 Å². The predicted octanol–water partition coefficient (Wildman–Crippen LogP) is 2.72. The lowest BCUT2D eigenvalue weighted by atomic mass is 10.1. The number of halogens is 1. The van der Waals surface area contributed by atoms with Gasteiger partial charge in [0.1, 0.15) is 11.6 Å². The molecule has 2 N–H and O–H groups in total. The minimum absolute atomic E-state index is 0.260. The van der Waals surface area contributed by atoms with Gasteiger partial charge in [-0.25, -0.2) is 4.39 Å². The number of ether oxygens (including phenoxy) is 1. The fourth-order valence-corrected chi connectivity index (χ4v) is 1.66. The summed E-state index contributed by atoms with van der Waals surface area (Å²) in [6.07, 6.45) is 0.180. The van der Waals surface area contributed by atoms with E-state index in [2.05, 4.69) is 19.2 Å². The van der Waals surface area contributed by atoms with Gasteiger partial charge in [-0.2, -0.15) is 0 Å². The maximum absolute atomic E-state index is 13.3. The molecule has 0 aliphatic rings. The summed E-state index contributed by atoms with van der Waals surface area (Å²) < 4.78 is 18.9. The number of aliphatic hydroxyl groups excluding tert-OH is 1. The molecule has 0 saturated heterocycles. The largest absolute Gasteiger partial charge is 0.493 e. The Morgan fingerprint density at radius 1 is 1.32 bits per heavy atom. The molecule has 0 aliphatic carbocycles. The highest BCUT2D eigenvalue weighted by atomic mass is 19.1. The Labute approximate surface area is 114 Å². The van der Waals surface area contributed by atoms with Crippen LogP contribution in [0, 0.1) is 11.7 Å². The van der Waals surface area contributed by atoms with Crippen molar-refractivity contribution in [2.75, 3.05) is 13.2 Å². The van der Waals surface area contributed by atoms with Crippen LogP contribution >= 0.6 is 0 Å². The van der Waals surface area contributed by atoms with E-state index in [1.165, 1.54) is 12.1 Å². The standard InChI is InChI=1S/C15H24FNO2/c1-11(2)9-17-10-13-8-14(16)4-5-15(13)19-7-6-12(3)18/h4-5,8,11-12,17-18H,6-7,9-10H2,1-3H3.